The summed E-state index contributed by atoms with van der Waals surface area (Å²) in [5, 5.41) is 8.65. The summed E-state index contributed by atoms with van der Waals surface area (Å²) in [6.07, 6.45) is 6.09. The van der Waals surface area contributed by atoms with Gasteiger partial charge in [0.2, 0.25) is 0 Å². The molecule has 12 heavy (non-hydrogen) atoms. The molecule has 2 fully saturated rings. The topological polar surface area (TPSA) is 27.0 Å². The largest absolute Gasteiger partial charge is 0.303 e. The Labute approximate surface area is 74.2 Å². The summed E-state index contributed by atoms with van der Waals surface area (Å²) in [6.45, 7) is 3.74. The van der Waals surface area contributed by atoms with Crippen molar-refractivity contribution in [1.29, 1.82) is 5.26 Å². The first-order valence-corrected chi connectivity index (χ1v) is 4.94. The quantitative estimate of drug-likeness (QED) is 0.635. The Hall–Kier alpha value is -0.550. The molecule has 1 saturated heterocycles. The van der Waals surface area contributed by atoms with Gasteiger partial charge in [-0.1, -0.05) is 0 Å². The second-order valence-corrected chi connectivity index (χ2v) is 4.32. The average molecular weight is 164 g/mol. The Balaban J connectivity index is 1.81. The number of nitriles is 1. The highest BCUT2D eigenvalue weighted by atomic mass is 15.1. The molecule has 1 aliphatic heterocycles. The lowest BCUT2D eigenvalue weighted by Gasteiger charge is -2.20. The fourth-order valence-corrected chi connectivity index (χ4v) is 2.15. The van der Waals surface area contributed by atoms with Crippen LogP contribution in [0.2, 0.25) is 0 Å². The summed E-state index contributed by atoms with van der Waals surface area (Å²) in [6, 6.07) is 2.32. The highest BCUT2D eigenvalue weighted by molar-refractivity contribution is 5.01. The molecule has 0 N–H and O–H groups in total. The second kappa shape index (κ2) is 3.06. The first-order valence-electron chi connectivity index (χ1n) is 4.94. The zero-order valence-corrected chi connectivity index (χ0v) is 7.55. The highest BCUT2D eigenvalue weighted by Crippen LogP contribution is 2.49. The van der Waals surface area contributed by atoms with E-state index in [1.54, 1.807) is 0 Å². The highest BCUT2D eigenvalue weighted by Gasteiger charge is 2.43. The van der Waals surface area contributed by atoms with Crippen LogP contribution in [0.25, 0.3) is 0 Å². The molecular weight excluding hydrogens is 148 g/mol. The maximum absolute atomic E-state index is 8.65. The van der Waals surface area contributed by atoms with Crippen LogP contribution >= 0.6 is 0 Å². The standard InChI is InChI=1S/C10H16N2/c11-6-5-10(3-4-10)9-12-7-1-2-8-12/h1-5,7-9H2. The average Bonchev–Trinajstić information content (AvgIpc) is 2.63. The summed E-state index contributed by atoms with van der Waals surface area (Å²) in [5.74, 6) is 0. The van der Waals surface area contributed by atoms with Crippen LogP contribution in [0.1, 0.15) is 32.1 Å². The van der Waals surface area contributed by atoms with Crippen molar-refractivity contribution in [2.75, 3.05) is 19.6 Å². The van der Waals surface area contributed by atoms with Crippen LogP contribution < -0.4 is 0 Å². The summed E-state index contributed by atoms with van der Waals surface area (Å²) in [4.78, 5) is 2.53. The number of hydrogen-bond donors (Lipinski definition) is 0. The lowest BCUT2D eigenvalue weighted by atomic mass is 10.0. The molecule has 1 aliphatic carbocycles. The van der Waals surface area contributed by atoms with E-state index in [1.165, 1.54) is 45.3 Å². The van der Waals surface area contributed by atoms with E-state index in [4.69, 9.17) is 5.26 Å². The predicted molar refractivity (Wildman–Crippen MR) is 47.6 cm³/mol. The fraction of sp³-hybridized carbons (Fsp3) is 0.900. The first-order chi connectivity index (χ1) is 5.85. The van der Waals surface area contributed by atoms with E-state index in [0.717, 1.165) is 6.42 Å². The number of rotatable bonds is 3. The summed E-state index contributed by atoms with van der Waals surface area (Å²) in [5.41, 5.74) is 0.430. The van der Waals surface area contributed by atoms with Gasteiger partial charge in [-0.3, -0.25) is 0 Å². The first kappa shape index (κ1) is 8.07. The van der Waals surface area contributed by atoms with Gasteiger partial charge in [-0.05, 0) is 44.2 Å². The Morgan fingerprint density at radius 3 is 2.42 bits per heavy atom. The van der Waals surface area contributed by atoms with E-state index < -0.39 is 0 Å². The van der Waals surface area contributed by atoms with E-state index in [9.17, 15) is 0 Å². The van der Waals surface area contributed by atoms with E-state index in [1.807, 2.05) is 0 Å². The van der Waals surface area contributed by atoms with Crippen LogP contribution in [0.15, 0.2) is 0 Å². The minimum atomic E-state index is 0.430. The van der Waals surface area contributed by atoms with Gasteiger partial charge in [0.15, 0.2) is 0 Å². The molecule has 0 radical (unpaired) electrons. The van der Waals surface area contributed by atoms with Crippen molar-refractivity contribution < 1.29 is 0 Å². The van der Waals surface area contributed by atoms with Crippen LogP contribution in [-0.2, 0) is 0 Å². The lowest BCUT2D eigenvalue weighted by Crippen LogP contribution is -2.27. The Bertz CT molecular complexity index is 194. The number of likely N-dealkylation sites (tertiary alicyclic amines) is 1. The van der Waals surface area contributed by atoms with Crippen molar-refractivity contribution in [1.82, 2.24) is 4.90 Å². The smallest absolute Gasteiger partial charge is 0.0628 e. The molecule has 0 atom stereocenters. The van der Waals surface area contributed by atoms with Gasteiger partial charge in [0.1, 0.15) is 0 Å². The maximum atomic E-state index is 8.65. The second-order valence-electron chi connectivity index (χ2n) is 4.32. The lowest BCUT2D eigenvalue weighted by molar-refractivity contribution is 0.266. The molecule has 0 bridgehead atoms. The van der Waals surface area contributed by atoms with Crippen molar-refractivity contribution in [3.8, 4) is 6.07 Å². The Morgan fingerprint density at radius 2 is 1.92 bits per heavy atom. The summed E-state index contributed by atoms with van der Waals surface area (Å²) < 4.78 is 0. The predicted octanol–water partition coefficient (Wildman–Crippen LogP) is 1.78. The van der Waals surface area contributed by atoms with Crippen molar-refractivity contribution in [2.24, 2.45) is 5.41 Å². The van der Waals surface area contributed by atoms with Gasteiger partial charge in [0.05, 0.1) is 6.07 Å². The molecule has 1 saturated carbocycles. The Kier molecular flexibility index (Phi) is 2.06. The third kappa shape index (κ3) is 1.61. The normalized spacial score (nSPS) is 26.9. The van der Waals surface area contributed by atoms with E-state index >= 15 is 0 Å². The summed E-state index contributed by atoms with van der Waals surface area (Å²) in [7, 11) is 0. The van der Waals surface area contributed by atoms with E-state index in [2.05, 4.69) is 11.0 Å². The van der Waals surface area contributed by atoms with Crippen LogP contribution in [0.5, 0.6) is 0 Å². The maximum Gasteiger partial charge on any atom is 0.0628 e. The van der Waals surface area contributed by atoms with Gasteiger partial charge in [0, 0.05) is 13.0 Å². The molecule has 0 aromatic rings. The van der Waals surface area contributed by atoms with Crippen LogP contribution in [0.4, 0.5) is 0 Å². The van der Waals surface area contributed by atoms with E-state index in [-0.39, 0.29) is 0 Å². The van der Waals surface area contributed by atoms with Crippen molar-refractivity contribution in [3.63, 3.8) is 0 Å². The van der Waals surface area contributed by atoms with Crippen molar-refractivity contribution >= 4 is 0 Å². The van der Waals surface area contributed by atoms with Crippen molar-refractivity contribution in [3.05, 3.63) is 0 Å². The van der Waals surface area contributed by atoms with E-state index in [0.29, 0.717) is 5.41 Å². The molecule has 0 amide bonds. The zero-order valence-electron chi connectivity index (χ0n) is 7.55. The zero-order chi connectivity index (χ0) is 8.44. The van der Waals surface area contributed by atoms with Crippen LogP contribution in [0, 0.1) is 16.7 Å². The van der Waals surface area contributed by atoms with Crippen LogP contribution in [-0.4, -0.2) is 24.5 Å². The van der Waals surface area contributed by atoms with Crippen molar-refractivity contribution in [2.45, 2.75) is 32.1 Å². The van der Waals surface area contributed by atoms with Gasteiger partial charge in [-0.25, -0.2) is 0 Å². The van der Waals surface area contributed by atoms with Gasteiger partial charge < -0.3 is 4.90 Å². The monoisotopic (exact) mass is 164 g/mol. The molecule has 66 valence electrons. The third-order valence-corrected chi connectivity index (χ3v) is 3.17. The molecular formula is C10H16N2. The molecule has 0 unspecified atom stereocenters. The van der Waals surface area contributed by atoms with Gasteiger partial charge in [-0.15, -0.1) is 0 Å². The minimum absolute atomic E-state index is 0.430. The fourth-order valence-electron chi connectivity index (χ4n) is 2.15. The minimum Gasteiger partial charge on any atom is -0.303 e. The van der Waals surface area contributed by atoms with Gasteiger partial charge in [-0.2, -0.15) is 5.26 Å². The Morgan fingerprint density at radius 1 is 1.25 bits per heavy atom. The third-order valence-electron chi connectivity index (χ3n) is 3.17. The molecule has 2 aliphatic rings. The van der Waals surface area contributed by atoms with Gasteiger partial charge in [0.25, 0.3) is 0 Å². The molecule has 2 nitrogen and oxygen atoms in total. The summed E-state index contributed by atoms with van der Waals surface area (Å²) >= 11 is 0. The SMILES string of the molecule is N#CCC1(CN2CCCC2)CC1. The van der Waals surface area contributed by atoms with Gasteiger partial charge >= 0.3 is 0 Å². The molecule has 0 spiro atoms. The number of nitrogens with zero attached hydrogens (tertiary/aromatic N) is 2. The molecule has 1 heterocycles. The molecule has 0 aromatic carbocycles. The molecule has 2 heteroatoms. The van der Waals surface area contributed by atoms with Crippen LogP contribution in [0.3, 0.4) is 0 Å². The number of hydrogen-bond acceptors (Lipinski definition) is 2. The molecule has 0 aromatic heterocycles. The molecule has 2 rings (SSSR count).